The summed E-state index contributed by atoms with van der Waals surface area (Å²) in [6, 6.07) is 7.23. The van der Waals surface area contributed by atoms with Crippen LogP contribution in [0.5, 0.6) is 5.75 Å². The molecule has 116 valence electrons. The van der Waals surface area contributed by atoms with E-state index in [0.717, 1.165) is 4.47 Å². The van der Waals surface area contributed by atoms with E-state index in [2.05, 4.69) is 21.2 Å². The molecule has 1 atom stereocenters. The van der Waals surface area contributed by atoms with Gasteiger partial charge in [-0.05, 0) is 45.4 Å². The van der Waals surface area contributed by atoms with Gasteiger partial charge in [-0.1, -0.05) is 22.0 Å². The number of aliphatic carboxylic acids is 1. The van der Waals surface area contributed by atoms with E-state index in [9.17, 15) is 9.59 Å². The van der Waals surface area contributed by atoms with Gasteiger partial charge in [0.2, 0.25) is 0 Å². The van der Waals surface area contributed by atoms with E-state index in [1.807, 2.05) is 12.1 Å². The summed E-state index contributed by atoms with van der Waals surface area (Å²) in [5.74, 6) is -0.552. The van der Waals surface area contributed by atoms with Crippen molar-refractivity contribution in [2.75, 3.05) is 6.54 Å². The van der Waals surface area contributed by atoms with Gasteiger partial charge < -0.3 is 15.2 Å². The highest BCUT2D eigenvalue weighted by Gasteiger charge is 2.27. The van der Waals surface area contributed by atoms with Crippen LogP contribution >= 0.6 is 15.9 Å². The van der Waals surface area contributed by atoms with E-state index in [4.69, 9.17) is 9.84 Å². The quantitative estimate of drug-likeness (QED) is 0.786. The lowest BCUT2D eigenvalue weighted by molar-refractivity contribution is -0.147. The number of nitrogens with one attached hydrogen (secondary N) is 1. The summed E-state index contributed by atoms with van der Waals surface area (Å²) in [5, 5.41) is 11.7. The molecule has 0 aliphatic carbocycles. The van der Waals surface area contributed by atoms with Crippen molar-refractivity contribution in [3.8, 4) is 5.75 Å². The SMILES string of the molecule is CC(Oc1cccc(Br)c1)C(=O)NCCC(C)(C)C(=O)O. The minimum atomic E-state index is -0.879. The highest BCUT2D eigenvalue weighted by Crippen LogP contribution is 2.20. The predicted molar refractivity (Wildman–Crippen MR) is 83.3 cm³/mol. The summed E-state index contributed by atoms with van der Waals surface area (Å²) in [4.78, 5) is 22.9. The van der Waals surface area contributed by atoms with E-state index in [0.29, 0.717) is 18.7 Å². The summed E-state index contributed by atoms with van der Waals surface area (Å²) in [6.07, 6.45) is -0.287. The van der Waals surface area contributed by atoms with Gasteiger partial charge in [-0.25, -0.2) is 0 Å². The van der Waals surface area contributed by atoms with Gasteiger partial charge in [-0.15, -0.1) is 0 Å². The first-order valence-electron chi connectivity index (χ1n) is 6.66. The molecule has 1 amide bonds. The van der Waals surface area contributed by atoms with Crippen LogP contribution in [0.4, 0.5) is 0 Å². The second-order valence-corrected chi connectivity index (χ2v) is 6.36. The molecule has 0 aliphatic rings. The molecule has 0 aliphatic heterocycles. The van der Waals surface area contributed by atoms with Gasteiger partial charge in [0.1, 0.15) is 5.75 Å². The lowest BCUT2D eigenvalue weighted by Crippen LogP contribution is -2.39. The van der Waals surface area contributed by atoms with Gasteiger partial charge in [0, 0.05) is 11.0 Å². The number of carbonyl (C=O) groups excluding carboxylic acids is 1. The number of hydrogen-bond donors (Lipinski definition) is 2. The van der Waals surface area contributed by atoms with Gasteiger partial charge in [0.05, 0.1) is 5.41 Å². The van der Waals surface area contributed by atoms with E-state index in [-0.39, 0.29) is 5.91 Å². The van der Waals surface area contributed by atoms with Gasteiger partial charge >= 0.3 is 5.97 Å². The average molecular weight is 358 g/mol. The van der Waals surface area contributed by atoms with Crippen LogP contribution in [0.1, 0.15) is 27.2 Å². The molecule has 0 saturated heterocycles. The molecule has 21 heavy (non-hydrogen) atoms. The highest BCUT2D eigenvalue weighted by atomic mass is 79.9. The lowest BCUT2D eigenvalue weighted by Gasteiger charge is -2.20. The number of halogens is 1. The Balaban J connectivity index is 2.43. The van der Waals surface area contributed by atoms with Crippen LogP contribution in [0.15, 0.2) is 28.7 Å². The van der Waals surface area contributed by atoms with Gasteiger partial charge in [0.25, 0.3) is 5.91 Å². The lowest BCUT2D eigenvalue weighted by atomic mass is 9.90. The Bertz CT molecular complexity index is 516. The molecular weight excluding hydrogens is 338 g/mol. The Morgan fingerprint density at radius 1 is 1.43 bits per heavy atom. The summed E-state index contributed by atoms with van der Waals surface area (Å²) in [6.45, 7) is 5.20. The van der Waals surface area contributed by atoms with Crippen LogP contribution in [0.2, 0.25) is 0 Å². The Hall–Kier alpha value is -1.56. The van der Waals surface area contributed by atoms with Gasteiger partial charge in [-0.2, -0.15) is 0 Å². The van der Waals surface area contributed by atoms with E-state index in [1.165, 1.54) is 0 Å². The fourth-order valence-corrected chi connectivity index (χ4v) is 1.93. The Morgan fingerprint density at radius 3 is 2.67 bits per heavy atom. The molecule has 0 heterocycles. The van der Waals surface area contributed by atoms with E-state index >= 15 is 0 Å². The minimum Gasteiger partial charge on any atom is -0.481 e. The van der Waals surface area contributed by atoms with Crippen molar-refractivity contribution in [1.29, 1.82) is 0 Å². The molecule has 1 unspecified atom stereocenters. The van der Waals surface area contributed by atoms with Gasteiger partial charge in [-0.3, -0.25) is 9.59 Å². The van der Waals surface area contributed by atoms with Crippen LogP contribution < -0.4 is 10.1 Å². The molecule has 0 spiro atoms. The standard InChI is InChI=1S/C15H20BrNO4/c1-10(21-12-6-4-5-11(16)9-12)13(18)17-8-7-15(2,3)14(19)20/h4-6,9-10H,7-8H2,1-3H3,(H,17,18)(H,19,20). The Labute approximate surface area is 132 Å². The number of rotatable bonds is 7. The van der Waals surface area contributed by atoms with Crippen molar-refractivity contribution in [3.05, 3.63) is 28.7 Å². The minimum absolute atomic E-state index is 0.267. The van der Waals surface area contributed by atoms with Gasteiger partial charge in [0.15, 0.2) is 6.10 Å². The van der Waals surface area contributed by atoms with Crippen molar-refractivity contribution in [1.82, 2.24) is 5.32 Å². The molecule has 0 bridgehead atoms. The summed E-state index contributed by atoms with van der Waals surface area (Å²) in [5.41, 5.74) is -0.859. The first-order chi connectivity index (χ1) is 9.72. The largest absolute Gasteiger partial charge is 0.481 e. The second-order valence-electron chi connectivity index (χ2n) is 5.45. The fourth-order valence-electron chi connectivity index (χ4n) is 1.55. The van der Waals surface area contributed by atoms with Crippen molar-refractivity contribution in [2.24, 2.45) is 5.41 Å². The first-order valence-corrected chi connectivity index (χ1v) is 7.45. The zero-order chi connectivity index (χ0) is 16.0. The molecular formula is C15H20BrNO4. The zero-order valence-electron chi connectivity index (χ0n) is 12.4. The molecule has 1 rings (SSSR count). The molecule has 0 radical (unpaired) electrons. The Kier molecular flexibility index (Phi) is 6.20. The molecule has 0 aromatic heterocycles. The molecule has 5 nitrogen and oxygen atoms in total. The molecule has 0 saturated carbocycles. The molecule has 1 aromatic carbocycles. The summed E-state index contributed by atoms with van der Waals surface area (Å²) < 4.78 is 6.40. The number of amides is 1. The maximum absolute atomic E-state index is 11.9. The number of carboxylic acid groups (broad SMARTS) is 1. The van der Waals surface area contributed by atoms with Crippen LogP contribution in [-0.4, -0.2) is 29.6 Å². The van der Waals surface area contributed by atoms with Crippen molar-refractivity contribution >= 4 is 27.8 Å². The molecule has 2 N–H and O–H groups in total. The van der Waals surface area contributed by atoms with Crippen LogP contribution in [-0.2, 0) is 9.59 Å². The monoisotopic (exact) mass is 357 g/mol. The summed E-state index contributed by atoms with van der Waals surface area (Å²) >= 11 is 3.33. The Morgan fingerprint density at radius 2 is 2.10 bits per heavy atom. The van der Waals surface area contributed by atoms with Crippen molar-refractivity contribution < 1.29 is 19.4 Å². The first kappa shape index (κ1) is 17.5. The second kappa shape index (κ2) is 7.45. The molecule has 6 heteroatoms. The maximum atomic E-state index is 11.9. The average Bonchev–Trinajstić information content (AvgIpc) is 2.38. The van der Waals surface area contributed by atoms with Crippen molar-refractivity contribution in [3.63, 3.8) is 0 Å². The third-order valence-corrected chi connectivity index (χ3v) is 3.60. The van der Waals surface area contributed by atoms with Crippen molar-refractivity contribution in [2.45, 2.75) is 33.3 Å². The van der Waals surface area contributed by atoms with Crippen LogP contribution in [0.3, 0.4) is 0 Å². The van der Waals surface area contributed by atoms with Crippen LogP contribution in [0.25, 0.3) is 0 Å². The zero-order valence-corrected chi connectivity index (χ0v) is 13.9. The predicted octanol–water partition coefficient (Wildman–Crippen LogP) is 2.83. The number of hydrogen-bond acceptors (Lipinski definition) is 3. The smallest absolute Gasteiger partial charge is 0.309 e. The fraction of sp³-hybridized carbons (Fsp3) is 0.467. The molecule has 0 fully saturated rings. The number of ether oxygens (including phenoxy) is 1. The van der Waals surface area contributed by atoms with Crippen LogP contribution in [0, 0.1) is 5.41 Å². The maximum Gasteiger partial charge on any atom is 0.309 e. The topological polar surface area (TPSA) is 75.6 Å². The highest BCUT2D eigenvalue weighted by molar-refractivity contribution is 9.10. The third kappa shape index (κ3) is 5.75. The van der Waals surface area contributed by atoms with E-state index < -0.39 is 17.5 Å². The number of carbonyl (C=O) groups is 2. The van der Waals surface area contributed by atoms with E-state index in [1.54, 1.807) is 32.9 Å². The number of carboxylic acids is 1. The third-order valence-electron chi connectivity index (χ3n) is 3.11. The summed E-state index contributed by atoms with van der Waals surface area (Å²) in [7, 11) is 0. The number of benzene rings is 1. The molecule has 1 aromatic rings. The normalized spacial score (nSPS) is 12.6.